The van der Waals surface area contributed by atoms with Crippen molar-refractivity contribution < 1.29 is 48.2 Å². The molecule has 6 rings (SSSR count). The van der Waals surface area contributed by atoms with Crippen LogP contribution in [0.2, 0.25) is 0 Å². The fraction of sp³-hybridized carbons (Fsp3) is 0.600. The highest BCUT2D eigenvalue weighted by molar-refractivity contribution is 8.14. The van der Waals surface area contributed by atoms with E-state index in [1.165, 1.54) is 54.3 Å². The van der Waals surface area contributed by atoms with Gasteiger partial charge >= 0.3 is 5.97 Å². The summed E-state index contributed by atoms with van der Waals surface area (Å²) in [5.74, 6) is -4.38. The van der Waals surface area contributed by atoms with Crippen molar-refractivity contribution in [2.75, 3.05) is 39.2 Å². The van der Waals surface area contributed by atoms with E-state index >= 15 is 0 Å². The number of benzene rings is 2. The van der Waals surface area contributed by atoms with Gasteiger partial charge in [-0.3, -0.25) is 48.3 Å². The van der Waals surface area contributed by atoms with Gasteiger partial charge in [-0.25, -0.2) is 0 Å². The number of cyclic esters (lactones) is 1. The highest BCUT2D eigenvalue weighted by atomic mass is 32.2. The standard InChI is InChI=1S/C55H77N9O10S2/c1-11-37-50-59-39(30-75-50)52(70)61(8)41(25-31(2)3)48(68)60-45(34(7)65)49(69)56-33(6)26-44(66)74-43(28-36-21-16-13-17-22-36)54(72)63(10)46(32(4)5)55(73)64-24-18-23-40(64)53(71)62(9)42(27-35-19-14-12-15-20-35)51-58-38(29-76-51)47(67)57-37/h12-17,19-22,31-34,37-43,45-46,65H,11,18,23-30H2,1-10H3,(H,56,69)(H,57,67)(H,60,68)/t33-,34-,37-,38+,39+,40+,41-,42-,43+,45-,46+/m1/s1. The lowest BCUT2D eigenvalue weighted by atomic mass is 9.98. The first-order chi connectivity index (χ1) is 36.1. The number of ether oxygens (including phenoxy) is 1. The van der Waals surface area contributed by atoms with Crippen molar-refractivity contribution in [2.45, 2.75) is 160 Å². The maximum atomic E-state index is 14.9. The Morgan fingerprint density at radius 2 is 1.28 bits per heavy atom. The summed E-state index contributed by atoms with van der Waals surface area (Å²) in [5, 5.41) is 20.5. The second-order valence-electron chi connectivity index (χ2n) is 21.1. The number of hydrogen-bond donors (Lipinski definition) is 4. The minimum absolute atomic E-state index is 0.0325. The number of fused-ring (bicyclic) bond motifs is 3. The van der Waals surface area contributed by atoms with Crippen molar-refractivity contribution >= 4 is 80.9 Å². The van der Waals surface area contributed by atoms with Gasteiger partial charge < -0.3 is 45.4 Å². The van der Waals surface area contributed by atoms with Crippen LogP contribution in [0.15, 0.2) is 70.6 Å². The molecule has 2 aromatic rings. The van der Waals surface area contributed by atoms with Crippen LogP contribution in [0.3, 0.4) is 0 Å². The normalized spacial score (nSPS) is 28.9. The van der Waals surface area contributed by atoms with E-state index in [0.29, 0.717) is 47.1 Å². The number of hydrogen-bond acceptors (Lipinski definition) is 14. The quantitative estimate of drug-likeness (QED) is 0.265. The highest BCUT2D eigenvalue weighted by Crippen LogP contribution is 2.30. The van der Waals surface area contributed by atoms with E-state index < -0.39 is 114 Å². The number of carbonyl (C=O) groups is 8. The number of likely N-dealkylation sites (N-methyl/N-ethyl adjacent to an activating group) is 3. The van der Waals surface area contributed by atoms with Crippen LogP contribution in [0.4, 0.5) is 0 Å². The van der Waals surface area contributed by atoms with Crippen LogP contribution in [0, 0.1) is 11.8 Å². The molecule has 76 heavy (non-hydrogen) atoms. The first-order valence-corrected chi connectivity index (χ1v) is 28.4. The number of esters is 1. The molecule has 4 aliphatic heterocycles. The maximum absolute atomic E-state index is 14.9. The van der Waals surface area contributed by atoms with Gasteiger partial charge in [-0.15, -0.1) is 23.5 Å². The number of amides is 7. The van der Waals surface area contributed by atoms with E-state index in [0.717, 1.165) is 5.56 Å². The smallest absolute Gasteiger partial charge is 0.308 e. The summed E-state index contributed by atoms with van der Waals surface area (Å²) in [7, 11) is 4.69. The predicted molar refractivity (Wildman–Crippen MR) is 294 cm³/mol. The first kappa shape index (κ1) is 59.4. The Morgan fingerprint density at radius 3 is 1.88 bits per heavy atom. The lowest BCUT2D eigenvalue weighted by Crippen LogP contribution is -2.59. The molecular weight excluding hydrogens is 1010 g/mol. The Balaban J connectivity index is 1.36. The molecule has 4 heterocycles. The number of thioether (sulfide) groups is 2. The predicted octanol–water partition coefficient (Wildman–Crippen LogP) is 3.25. The molecule has 1 saturated heterocycles. The number of carbonyl (C=O) groups excluding carboxylic acids is 8. The summed E-state index contributed by atoms with van der Waals surface area (Å²) in [6.07, 6.45) is -1.23. The van der Waals surface area contributed by atoms with Gasteiger partial charge in [0.05, 0.1) is 34.7 Å². The van der Waals surface area contributed by atoms with Gasteiger partial charge in [0.25, 0.3) is 5.91 Å². The molecule has 11 atom stereocenters. The number of aliphatic hydroxyl groups is 1. The molecule has 4 N–H and O–H groups in total. The van der Waals surface area contributed by atoms with Crippen LogP contribution in [-0.4, -0.2) is 188 Å². The van der Waals surface area contributed by atoms with E-state index in [2.05, 4.69) is 16.0 Å². The molecule has 0 aliphatic carbocycles. The third-order valence-electron chi connectivity index (χ3n) is 14.3. The van der Waals surface area contributed by atoms with E-state index in [4.69, 9.17) is 14.7 Å². The molecule has 21 heteroatoms. The van der Waals surface area contributed by atoms with Gasteiger partial charge in [-0.05, 0) is 68.9 Å². The van der Waals surface area contributed by atoms with Gasteiger partial charge in [0.2, 0.25) is 35.4 Å². The maximum Gasteiger partial charge on any atom is 0.308 e. The van der Waals surface area contributed by atoms with Crippen molar-refractivity contribution in [1.29, 1.82) is 0 Å². The number of nitrogens with zero attached hydrogens (tertiary/aromatic N) is 6. The lowest BCUT2D eigenvalue weighted by Gasteiger charge is -2.38. The fourth-order valence-electron chi connectivity index (χ4n) is 10.1. The van der Waals surface area contributed by atoms with Crippen LogP contribution in [0.1, 0.15) is 91.7 Å². The average molecular weight is 1090 g/mol. The molecule has 2 aromatic carbocycles. The number of aliphatic imine (C=N–C) groups is 2. The minimum atomic E-state index is -1.49. The van der Waals surface area contributed by atoms with Crippen molar-refractivity contribution in [2.24, 2.45) is 21.8 Å². The van der Waals surface area contributed by atoms with E-state index in [1.54, 1.807) is 48.0 Å². The zero-order valence-corrected chi connectivity index (χ0v) is 47.1. The highest BCUT2D eigenvalue weighted by Gasteiger charge is 2.45. The molecule has 0 aromatic heterocycles. The molecule has 0 unspecified atom stereocenters. The van der Waals surface area contributed by atoms with Crippen LogP contribution >= 0.6 is 23.5 Å². The van der Waals surface area contributed by atoms with E-state index in [1.807, 2.05) is 71.0 Å². The molecule has 414 valence electrons. The molecule has 1 fully saturated rings. The Morgan fingerprint density at radius 1 is 0.684 bits per heavy atom. The van der Waals surface area contributed by atoms with Gasteiger partial charge in [-0.2, -0.15) is 0 Å². The molecular formula is C55H77N9O10S2. The Kier molecular flexibility index (Phi) is 21.1. The van der Waals surface area contributed by atoms with E-state index in [9.17, 15) is 43.5 Å². The SMILES string of the molecule is CC[C@H]1NC(=O)[C@@H]2CSC(=N2)[C@@H](Cc2ccccc2)N(C)C(=O)[C@@H]2CCCN2C(=O)[C@H](C(C)C)N(C)C(=O)[C@H](Cc2ccccc2)OC(=O)C[C@@H](C)NC(=O)[C@@H]([C@@H](C)O)NC(=O)[C@@H](CC(C)C)N(C)C(=O)[C@@H]2CSC1=N2. The molecule has 0 saturated carbocycles. The summed E-state index contributed by atoms with van der Waals surface area (Å²) in [5.41, 5.74) is 1.62. The molecule has 4 aliphatic rings. The van der Waals surface area contributed by atoms with Gasteiger partial charge in [-0.1, -0.05) is 95.3 Å². The zero-order chi connectivity index (χ0) is 55.5. The second-order valence-corrected chi connectivity index (χ2v) is 23.2. The van der Waals surface area contributed by atoms with Crippen LogP contribution < -0.4 is 16.0 Å². The van der Waals surface area contributed by atoms with Crippen molar-refractivity contribution in [1.82, 2.24) is 35.6 Å². The summed E-state index contributed by atoms with van der Waals surface area (Å²) in [6.45, 7) is 12.5. The number of nitrogens with one attached hydrogen (secondary N) is 3. The summed E-state index contributed by atoms with van der Waals surface area (Å²) in [6, 6.07) is 10.5. The van der Waals surface area contributed by atoms with Crippen LogP contribution in [0.25, 0.3) is 0 Å². The third kappa shape index (κ3) is 14.8. The number of rotatable bonds is 9. The molecule has 7 amide bonds. The third-order valence-corrected chi connectivity index (χ3v) is 16.7. The van der Waals surface area contributed by atoms with Crippen molar-refractivity contribution in [3.05, 3.63) is 71.8 Å². The molecule has 4 bridgehead atoms. The van der Waals surface area contributed by atoms with Crippen molar-refractivity contribution in [3.8, 4) is 0 Å². The minimum Gasteiger partial charge on any atom is -0.452 e. The fourth-order valence-corrected chi connectivity index (χ4v) is 12.5. The molecule has 0 radical (unpaired) electrons. The van der Waals surface area contributed by atoms with Crippen molar-refractivity contribution in [3.63, 3.8) is 0 Å². The zero-order valence-electron chi connectivity index (χ0n) is 45.5. The topological polar surface area (TPSA) is 240 Å². The number of aliphatic hydroxyl groups excluding tert-OH is 1. The van der Waals surface area contributed by atoms with Gasteiger partial charge in [0.15, 0.2) is 6.10 Å². The largest absolute Gasteiger partial charge is 0.452 e. The van der Waals surface area contributed by atoms with E-state index in [-0.39, 0.29) is 42.9 Å². The summed E-state index contributed by atoms with van der Waals surface area (Å²) >= 11 is 2.75. The van der Waals surface area contributed by atoms with Crippen LogP contribution in [-0.2, 0) is 55.9 Å². The van der Waals surface area contributed by atoms with Gasteiger partial charge in [0.1, 0.15) is 36.3 Å². The molecule has 19 nitrogen and oxygen atoms in total. The average Bonchev–Trinajstić information content (AvgIpc) is 4.20. The Bertz CT molecular complexity index is 2480. The first-order valence-electron chi connectivity index (χ1n) is 26.5. The summed E-state index contributed by atoms with van der Waals surface area (Å²) in [4.78, 5) is 130. The monoisotopic (exact) mass is 1090 g/mol. The van der Waals surface area contributed by atoms with Crippen LogP contribution in [0.5, 0.6) is 0 Å². The summed E-state index contributed by atoms with van der Waals surface area (Å²) < 4.78 is 5.94. The molecule has 0 spiro atoms. The van der Waals surface area contributed by atoms with Gasteiger partial charge in [0, 0.05) is 51.7 Å². The Hall–Kier alpha value is -5.80. The lowest BCUT2D eigenvalue weighted by molar-refractivity contribution is -0.163. The second kappa shape index (κ2) is 27.0. The Labute approximate surface area is 455 Å².